The zero-order valence-electron chi connectivity index (χ0n) is 9.86. The Morgan fingerprint density at radius 1 is 1.44 bits per heavy atom. The molecule has 1 aliphatic carbocycles. The van der Waals surface area contributed by atoms with E-state index in [0.29, 0.717) is 12.1 Å². The molecule has 3 rings (SSSR count). The van der Waals surface area contributed by atoms with Crippen LogP contribution in [0.5, 0.6) is 0 Å². The minimum Gasteiger partial charge on any atom is -0.472 e. The van der Waals surface area contributed by atoms with Crippen molar-refractivity contribution < 1.29 is 4.42 Å². The quantitative estimate of drug-likeness (QED) is 0.843. The van der Waals surface area contributed by atoms with Crippen molar-refractivity contribution in [2.24, 2.45) is 0 Å². The van der Waals surface area contributed by atoms with Crippen molar-refractivity contribution in [2.45, 2.75) is 44.3 Å². The van der Waals surface area contributed by atoms with Crippen LogP contribution in [0.3, 0.4) is 0 Å². The number of nitrogens with zero attached hydrogens (tertiary/aromatic N) is 1. The first-order chi connectivity index (χ1) is 7.83. The first-order valence-corrected chi connectivity index (χ1v) is 6.35. The Morgan fingerprint density at radius 2 is 2.31 bits per heavy atom. The van der Waals surface area contributed by atoms with Crippen LogP contribution in [0.2, 0.25) is 0 Å². The highest BCUT2D eigenvalue weighted by Gasteiger charge is 2.34. The largest absolute Gasteiger partial charge is 0.472 e. The second-order valence-electron chi connectivity index (χ2n) is 5.16. The van der Waals surface area contributed by atoms with Gasteiger partial charge in [-0.3, -0.25) is 4.90 Å². The lowest BCUT2D eigenvalue weighted by atomic mass is 10.1. The van der Waals surface area contributed by atoms with Gasteiger partial charge in [-0.2, -0.15) is 0 Å². The lowest BCUT2D eigenvalue weighted by molar-refractivity contribution is 0.313. The molecule has 1 aliphatic heterocycles. The Labute approximate surface area is 96.8 Å². The number of hydrogen-bond donors (Lipinski definition) is 1. The lowest BCUT2D eigenvalue weighted by Crippen LogP contribution is -2.34. The van der Waals surface area contributed by atoms with E-state index >= 15 is 0 Å². The number of hydrogen-bond acceptors (Lipinski definition) is 3. The average molecular weight is 220 g/mol. The third-order valence-electron chi connectivity index (χ3n) is 3.81. The van der Waals surface area contributed by atoms with Gasteiger partial charge < -0.3 is 9.73 Å². The maximum atomic E-state index is 5.12. The van der Waals surface area contributed by atoms with Crippen molar-refractivity contribution in [1.29, 1.82) is 0 Å². The summed E-state index contributed by atoms with van der Waals surface area (Å²) in [5.41, 5.74) is 1.25. The molecule has 2 unspecified atom stereocenters. The second-order valence-corrected chi connectivity index (χ2v) is 5.16. The zero-order valence-corrected chi connectivity index (χ0v) is 9.86. The van der Waals surface area contributed by atoms with Crippen molar-refractivity contribution in [3.63, 3.8) is 0 Å². The van der Waals surface area contributed by atoms with E-state index in [-0.39, 0.29) is 0 Å². The van der Waals surface area contributed by atoms with Crippen LogP contribution in [0.1, 0.15) is 37.8 Å². The van der Waals surface area contributed by atoms with Crippen molar-refractivity contribution in [3.8, 4) is 0 Å². The molecule has 0 bridgehead atoms. The van der Waals surface area contributed by atoms with Crippen molar-refractivity contribution in [3.05, 3.63) is 24.2 Å². The molecule has 1 saturated heterocycles. The molecule has 0 aromatic carbocycles. The maximum absolute atomic E-state index is 5.12. The van der Waals surface area contributed by atoms with Crippen molar-refractivity contribution >= 4 is 0 Å². The first-order valence-electron chi connectivity index (χ1n) is 6.35. The molecule has 2 atom stereocenters. The van der Waals surface area contributed by atoms with E-state index < -0.39 is 0 Å². The molecule has 1 N–H and O–H groups in total. The molecule has 88 valence electrons. The molecule has 0 radical (unpaired) electrons. The van der Waals surface area contributed by atoms with Gasteiger partial charge in [0.25, 0.3) is 0 Å². The molecule has 2 fully saturated rings. The molecule has 1 aromatic heterocycles. The average Bonchev–Trinajstić information content (AvgIpc) is 2.82. The van der Waals surface area contributed by atoms with Gasteiger partial charge in [-0.05, 0) is 32.3 Å². The number of furan rings is 1. The molecule has 2 aliphatic rings. The van der Waals surface area contributed by atoms with Gasteiger partial charge in [0, 0.05) is 36.8 Å². The third-order valence-corrected chi connectivity index (χ3v) is 3.81. The topological polar surface area (TPSA) is 28.4 Å². The Hall–Kier alpha value is -0.800. The first kappa shape index (κ1) is 10.4. The van der Waals surface area contributed by atoms with E-state index in [1.807, 2.05) is 12.3 Å². The molecule has 16 heavy (non-hydrogen) atoms. The van der Waals surface area contributed by atoms with Crippen LogP contribution < -0.4 is 5.32 Å². The monoisotopic (exact) mass is 220 g/mol. The summed E-state index contributed by atoms with van der Waals surface area (Å²) in [6, 6.07) is 4.02. The van der Waals surface area contributed by atoms with Crippen LogP contribution >= 0.6 is 0 Å². The Kier molecular flexibility index (Phi) is 2.74. The summed E-state index contributed by atoms with van der Waals surface area (Å²) < 4.78 is 5.12. The van der Waals surface area contributed by atoms with Gasteiger partial charge in [0.1, 0.15) is 0 Å². The summed E-state index contributed by atoms with van der Waals surface area (Å²) in [5, 5.41) is 3.69. The molecule has 2 heterocycles. The van der Waals surface area contributed by atoms with Gasteiger partial charge in [-0.25, -0.2) is 0 Å². The summed E-state index contributed by atoms with van der Waals surface area (Å²) in [4.78, 5) is 2.64. The van der Waals surface area contributed by atoms with Gasteiger partial charge in [0.05, 0.1) is 12.5 Å². The molecule has 1 aromatic rings. The van der Waals surface area contributed by atoms with Gasteiger partial charge in [-0.15, -0.1) is 0 Å². The standard InChI is InChI=1S/C13H20N2O/c1-10(11-5-7-16-9-11)14-12-4-6-15(8-12)13-2-3-13/h5,7,9-10,12-14H,2-4,6,8H2,1H3. The highest BCUT2D eigenvalue weighted by molar-refractivity contribution is 5.11. The fourth-order valence-electron chi connectivity index (χ4n) is 2.67. The minimum absolute atomic E-state index is 0.405. The van der Waals surface area contributed by atoms with Crippen LogP contribution in [0.15, 0.2) is 23.0 Å². The van der Waals surface area contributed by atoms with Crippen LogP contribution in [0.25, 0.3) is 0 Å². The van der Waals surface area contributed by atoms with Crippen LogP contribution in [-0.2, 0) is 0 Å². The Bertz CT molecular complexity index is 332. The molecule has 0 amide bonds. The van der Waals surface area contributed by atoms with Crippen molar-refractivity contribution in [1.82, 2.24) is 10.2 Å². The molecule has 3 heteroatoms. The zero-order chi connectivity index (χ0) is 11.0. The maximum Gasteiger partial charge on any atom is 0.0950 e. The summed E-state index contributed by atoms with van der Waals surface area (Å²) in [7, 11) is 0. The molecule has 3 nitrogen and oxygen atoms in total. The molecule has 1 saturated carbocycles. The van der Waals surface area contributed by atoms with Crippen LogP contribution in [0.4, 0.5) is 0 Å². The second kappa shape index (κ2) is 4.22. The highest BCUT2D eigenvalue weighted by atomic mass is 16.3. The number of likely N-dealkylation sites (tertiary alicyclic amines) is 1. The van der Waals surface area contributed by atoms with E-state index in [1.54, 1.807) is 6.26 Å². The van der Waals surface area contributed by atoms with Gasteiger partial charge in [0.2, 0.25) is 0 Å². The normalized spacial score (nSPS) is 28.4. The van der Waals surface area contributed by atoms with Gasteiger partial charge in [0.15, 0.2) is 0 Å². The predicted molar refractivity (Wildman–Crippen MR) is 63.3 cm³/mol. The van der Waals surface area contributed by atoms with Crippen LogP contribution in [0, 0.1) is 0 Å². The summed E-state index contributed by atoms with van der Waals surface area (Å²) in [5.74, 6) is 0. The fourth-order valence-corrected chi connectivity index (χ4v) is 2.67. The third kappa shape index (κ3) is 2.15. The minimum atomic E-state index is 0.405. The highest BCUT2D eigenvalue weighted by Crippen LogP contribution is 2.30. The van der Waals surface area contributed by atoms with Gasteiger partial charge in [-0.1, -0.05) is 0 Å². The van der Waals surface area contributed by atoms with E-state index in [4.69, 9.17) is 4.42 Å². The summed E-state index contributed by atoms with van der Waals surface area (Å²) in [6.07, 6.45) is 7.72. The van der Waals surface area contributed by atoms with Crippen molar-refractivity contribution in [2.75, 3.05) is 13.1 Å². The van der Waals surface area contributed by atoms with Gasteiger partial charge >= 0.3 is 0 Å². The van der Waals surface area contributed by atoms with E-state index in [9.17, 15) is 0 Å². The summed E-state index contributed by atoms with van der Waals surface area (Å²) in [6.45, 7) is 4.72. The molecular weight excluding hydrogens is 200 g/mol. The fraction of sp³-hybridized carbons (Fsp3) is 0.692. The SMILES string of the molecule is CC(NC1CCN(C2CC2)C1)c1ccoc1. The predicted octanol–water partition coefficient (Wildman–Crippen LogP) is 2.17. The Morgan fingerprint density at radius 3 is 3.00 bits per heavy atom. The van der Waals surface area contributed by atoms with E-state index in [0.717, 1.165) is 6.04 Å². The smallest absolute Gasteiger partial charge is 0.0950 e. The lowest BCUT2D eigenvalue weighted by Gasteiger charge is -2.19. The Balaban J connectivity index is 1.51. The van der Waals surface area contributed by atoms with Crippen LogP contribution in [-0.4, -0.2) is 30.1 Å². The van der Waals surface area contributed by atoms with E-state index in [1.165, 1.54) is 37.9 Å². The molecular formula is C13H20N2O. The molecule has 0 spiro atoms. The van der Waals surface area contributed by atoms with E-state index in [2.05, 4.69) is 17.1 Å². The number of nitrogens with one attached hydrogen (secondary N) is 1. The summed E-state index contributed by atoms with van der Waals surface area (Å²) >= 11 is 0. The number of rotatable bonds is 4.